The van der Waals surface area contributed by atoms with E-state index in [1.807, 2.05) is 0 Å². The van der Waals surface area contributed by atoms with Crippen LogP contribution in [-0.2, 0) is 6.42 Å². The molecular weight excluding hydrogens is 310 g/mol. The van der Waals surface area contributed by atoms with Crippen molar-refractivity contribution >= 4 is 21.6 Å². The number of halogens is 1. The Morgan fingerprint density at radius 2 is 2.21 bits per heavy atom. The van der Waals surface area contributed by atoms with E-state index >= 15 is 0 Å². The standard InChI is InChI=1S/C13H20BrN3O2/c1-3-5-11(15-6-4-2)8-12-13(17(18)19)7-10(14)9-16-12/h7,9,11,15H,3-6,8H2,1-2H3. The highest BCUT2D eigenvalue weighted by molar-refractivity contribution is 9.10. The second-order valence-electron chi connectivity index (χ2n) is 4.52. The Bertz CT molecular complexity index is 426. The molecule has 1 N–H and O–H groups in total. The smallest absolute Gasteiger partial charge is 0.291 e. The van der Waals surface area contributed by atoms with Gasteiger partial charge in [-0.1, -0.05) is 20.3 Å². The Morgan fingerprint density at radius 3 is 2.79 bits per heavy atom. The maximum atomic E-state index is 11.1. The summed E-state index contributed by atoms with van der Waals surface area (Å²) in [6, 6.07) is 1.77. The first-order valence-electron chi connectivity index (χ1n) is 6.60. The molecule has 0 bridgehead atoms. The maximum absolute atomic E-state index is 11.1. The third kappa shape index (κ3) is 5.24. The van der Waals surface area contributed by atoms with Gasteiger partial charge >= 0.3 is 0 Å². The molecule has 1 aromatic heterocycles. The molecule has 1 aromatic rings. The Balaban J connectivity index is 2.85. The molecule has 1 unspecified atom stereocenters. The molecule has 106 valence electrons. The van der Waals surface area contributed by atoms with Crippen molar-refractivity contribution in [1.29, 1.82) is 0 Å². The number of hydrogen-bond donors (Lipinski definition) is 1. The number of hydrogen-bond acceptors (Lipinski definition) is 4. The molecule has 0 fully saturated rings. The zero-order valence-electron chi connectivity index (χ0n) is 11.4. The third-order valence-electron chi connectivity index (χ3n) is 2.87. The average molecular weight is 330 g/mol. The molecule has 0 aliphatic carbocycles. The molecule has 1 heterocycles. The minimum Gasteiger partial charge on any atom is -0.314 e. The van der Waals surface area contributed by atoms with E-state index in [9.17, 15) is 10.1 Å². The monoisotopic (exact) mass is 329 g/mol. The predicted molar refractivity (Wildman–Crippen MR) is 79.3 cm³/mol. The Morgan fingerprint density at radius 1 is 1.47 bits per heavy atom. The Hall–Kier alpha value is -1.01. The van der Waals surface area contributed by atoms with E-state index in [1.165, 1.54) is 6.07 Å². The molecule has 0 amide bonds. The lowest BCUT2D eigenvalue weighted by Crippen LogP contribution is -2.32. The minimum absolute atomic E-state index is 0.0915. The molecule has 0 spiro atoms. The van der Waals surface area contributed by atoms with Crippen molar-refractivity contribution in [3.8, 4) is 0 Å². The molecule has 19 heavy (non-hydrogen) atoms. The highest BCUT2D eigenvalue weighted by Gasteiger charge is 2.19. The van der Waals surface area contributed by atoms with Crippen molar-refractivity contribution < 1.29 is 4.92 Å². The predicted octanol–water partition coefficient (Wildman–Crippen LogP) is 3.46. The first-order chi connectivity index (χ1) is 9.08. The highest BCUT2D eigenvalue weighted by Crippen LogP contribution is 2.22. The second-order valence-corrected chi connectivity index (χ2v) is 5.44. The van der Waals surface area contributed by atoms with Gasteiger partial charge in [0.15, 0.2) is 0 Å². The van der Waals surface area contributed by atoms with Gasteiger partial charge in [-0.15, -0.1) is 0 Å². The van der Waals surface area contributed by atoms with Crippen molar-refractivity contribution in [1.82, 2.24) is 10.3 Å². The van der Waals surface area contributed by atoms with Crippen molar-refractivity contribution in [2.24, 2.45) is 0 Å². The van der Waals surface area contributed by atoms with Gasteiger partial charge in [0.05, 0.1) is 4.92 Å². The number of aromatic nitrogens is 1. The number of rotatable bonds is 8. The van der Waals surface area contributed by atoms with E-state index in [4.69, 9.17) is 0 Å². The van der Waals surface area contributed by atoms with Crippen molar-refractivity contribution in [2.45, 2.75) is 45.6 Å². The molecule has 0 aliphatic heterocycles. The fourth-order valence-corrected chi connectivity index (χ4v) is 2.30. The first kappa shape index (κ1) is 16.0. The van der Waals surface area contributed by atoms with Crippen molar-refractivity contribution in [3.63, 3.8) is 0 Å². The van der Waals surface area contributed by atoms with Crippen LogP contribution < -0.4 is 5.32 Å². The average Bonchev–Trinajstić information content (AvgIpc) is 2.38. The van der Waals surface area contributed by atoms with E-state index < -0.39 is 0 Å². The molecule has 0 radical (unpaired) electrons. The first-order valence-corrected chi connectivity index (χ1v) is 7.40. The van der Waals surface area contributed by atoms with Crippen LogP contribution in [0.15, 0.2) is 16.7 Å². The van der Waals surface area contributed by atoms with Crippen LogP contribution in [0.3, 0.4) is 0 Å². The summed E-state index contributed by atoms with van der Waals surface area (Å²) in [5, 5.41) is 14.5. The topological polar surface area (TPSA) is 68.1 Å². The van der Waals surface area contributed by atoms with Gasteiger partial charge in [-0.2, -0.15) is 0 Å². The normalized spacial score (nSPS) is 12.4. The van der Waals surface area contributed by atoms with Crippen LogP contribution in [0.2, 0.25) is 0 Å². The molecular formula is C13H20BrN3O2. The van der Waals surface area contributed by atoms with Crippen molar-refractivity contribution in [3.05, 3.63) is 32.5 Å². The number of nitrogens with zero attached hydrogens (tertiary/aromatic N) is 2. The lowest BCUT2D eigenvalue weighted by atomic mass is 10.0. The molecule has 5 nitrogen and oxygen atoms in total. The van der Waals surface area contributed by atoms with Crippen LogP contribution in [0.5, 0.6) is 0 Å². The third-order valence-corrected chi connectivity index (χ3v) is 3.30. The fraction of sp³-hybridized carbons (Fsp3) is 0.615. The summed E-state index contributed by atoms with van der Waals surface area (Å²) in [6.45, 7) is 5.15. The quantitative estimate of drug-likeness (QED) is 0.585. The van der Waals surface area contributed by atoms with Gasteiger partial charge in [-0.05, 0) is 35.3 Å². The van der Waals surface area contributed by atoms with Crippen LogP contribution in [-0.4, -0.2) is 22.5 Å². The van der Waals surface area contributed by atoms with Crippen LogP contribution >= 0.6 is 15.9 Å². The second kappa shape index (κ2) is 8.22. The van der Waals surface area contributed by atoms with E-state index in [0.29, 0.717) is 16.6 Å². The van der Waals surface area contributed by atoms with E-state index in [-0.39, 0.29) is 16.7 Å². The fourth-order valence-electron chi connectivity index (χ4n) is 1.98. The van der Waals surface area contributed by atoms with Gasteiger partial charge < -0.3 is 5.32 Å². The summed E-state index contributed by atoms with van der Waals surface area (Å²) < 4.78 is 0.636. The van der Waals surface area contributed by atoms with E-state index in [0.717, 1.165) is 25.8 Å². The van der Waals surface area contributed by atoms with Gasteiger partial charge in [0.1, 0.15) is 5.69 Å². The van der Waals surface area contributed by atoms with Gasteiger partial charge in [-0.3, -0.25) is 15.1 Å². The molecule has 1 rings (SSSR count). The Labute approximate surface area is 122 Å². The maximum Gasteiger partial charge on any atom is 0.291 e. The van der Waals surface area contributed by atoms with E-state index in [2.05, 4.69) is 40.1 Å². The number of nitro groups is 1. The summed E-state index contributed by atoms with van der Waals surface area (Å²) in [6.07, 6.45) is 5.30. The van der Waals surface area contributed by atoms with Gasteiger partial charge in [-0.25, -0.2) is 0 Å². The highest BCUT2D eigenvalue weighted by atomic mass is 79.9. The SMILES string of the molecule is CCCNC(CCC)Cc1ncc(Br)cc1[N+](=O)[O-]. The molecule has 1 atom stereocenters. The van der Waals surface area contributed by atoms with Crippen LogP contribution in [0.1, 0.15) is 38.8 Å². The van der Waals surface area contributed by atoms with Gasteiger partial charge in [0, 0.05) is 29.2 Å². The van der Waals surface area contributed by atoms with Crippen LogP contribution in [0, 0.1) is 10.1 Å². The largest absolute Gasteiger partial charge is 0.314 e. The zero-order valence-corrected chi connectivity index (χ0v) is 12.9. The summed E-state index contributed by atoms with van der Waals surface area (Å²) in [5.74, 6) is 0. The molecule has 0 saturated carbocycles. The van der Waals surface area contributed by atoms with Crippen LogP contribution in [0.25, 0.3) is 0 Å². The van der Waals surface area contributed by atoms with Crippen LogP contribution in [0.4, 0.5) is 5.69 Å². The van der Waals surface area contributed by atoms with Gasteiger partial charge in [0.2, 0.25) is 0 Å². The summed E-state index contributed by atoms with van der Waals surface area (Å²) in [4.78, 5) is 14.9. The summed E-state index contributed by atoms with van der Waals surface area (Å²) in [7, 11) is 0. The lowest BCUT2D eigenvalue weighted by Gasteiger charge is -2.17. The number of pyridine rings is 1. The molecule has 6 heteroatoms. The van der Waals surface area contributed by atoms with E-state index in [1.54, 1.807) is 6.20 Å². The molecule has 0 saturated heterocycles. The summed E-state index contributed by atoms with van der Waals surface area (Å²) in [5.41, 5.74) is 0.643. The zero-order chi connectivity index (χ0) is 14.3. The summed E-state index contributed by atoms with van der Waals surface area (Å²) >= 11 is 3.22. The molecule has 0 aromatic carbocycles. The van der Waals surface area contributed by atoms with Gasteiger partial charge in [0.25, 0.3) is 5.69 Å². The minimum atomic E-state index is -0.365. The number of nitrogens with one attached hydrogen (secondary N) is 1. The lowest BCUT2D eigenvalue weighted by molar-refractivity contribution is -0.386. The van der Waals surface area contributed by atoms with Crippen molar-refractivity contribution in [2.75, 3.05) is 6.54 Å². The molecule has 0 aliphatic rings. The Kier molecular flexibility index (Phi) is 6.94.